The number of rotatable bonds is 10. The molecule has 23 heavy (non-hydrogen) atoms. The first-order valence-corrected chi connectivity index (χ1v) is 9.17. The van der Waals surface area contributed by atoms with Crippen LogP contribution in [0.3, 0.4) is 0 Å². The van der Waals surface area contributed by atoms with E-state index in [4.69, 9.17) is 4.74 Å². The topological polar surface area (TPSA) is 49.9 Å². The van der Waals surface area contributed by atoms with Gasteiger partial charge in [0.2, 0.25) is 5.91 Å². The van der Waals surface area contributed by atoms with E-state index in [9.17, 15) is 9.59 Å². The molecule has 1 aliphatic rings. The van der Waals surface area contributed by atoms with Gasteiger partial charge in [-0.05, 0) is 12.8 Å². The van der Waals surface area contributed by atoms with Gasteiger partial charge in [-0.1, -0.05) is 52.4 Å². The van der Waals surface area contributed by atoms with E-state index < -0.39 is 0 Å². The second kappa shape index (κ2) is 12.2. The third-order valence-corrected chi connectivity index (χ3v) is 4.25. The summed E-state index contributed by atoms with van der Waals surface area (Å²) in [5, 5.41) is 0. The van der Waals surface area contributed by atoms with E-state index in [0.717, 1.165) is 38.5 Å². The molecule has 2 amide bonds. The van der Waals surface area contributed by atoms with E-state index in [1.807, 2.05) is 4.90 Å². The summed E-state index contributed by atoms with van der Waals surface area (Å²) in [5.41, 5.74) is 0. The van der Waals surface area contributed by atoms with Crippen LogP contribution in [0, 0.1) is 6.92 Å². The van der Waals surface area contributed by atoms with Crippen LogP contribution in [0.5, 0.6) is 0 Å². The molecule has 133 valence electrons. The van der Waals surface area contributed by atoms with Crippen LogP contribution in [0.25, 0.3) is 0 Å². The first-order valence-electron chi connectivity index (χ1n) is 9.17. The summed E-state index contributed by atoms with van der Waals surface area (Å²) in [5.74, 6) is 0.210. The predicted molar refractivity (Wildman–Crippen MR) is 92.1 cm³/mol. The number of nitrogens with zero attached hydrogens (tertiary/aromatic N) is 2. The third-order valence-electron chi connectivity index (χ3n) is 4.25. The monoisotopic (exact) mass is 325 g/mol. The normalized spacial score (nSPS) is 14.9. The summed E-state index contributed by atoms with van der Waals surface area (Å²) < 4.78 is 5.29. The zero-order valence-electron chi connectivity index (χ0n) is 14.7. The van der Waals surface area contributed by atoms with Gasteiger partial charge in [-0.3, -0.25) is 4.79 Å². The zero-order chi connectivity index (χ0) is 16.9. The Balaban J connectivity index is 2.13. The van der Waals surface area contributed by atoms with Crippen LogP contribution in [-0.4, -0.2) is 54.6 Å². The van der Waals surface area contributed by atoms with Gasteiger partial charge in [-0.25, -0.2) is 4.79 Å². The predicted octanol–water partition coefficient (Wildman–Crippen LogP) is 3.63. The Morgan fingerprint density at radius 3 is 2.22 bits per heavy atom. The van der Waals surface area contributed by atoms with Gasteiger partial charge in [0, 0.05) is 32.6 Å². The van der Waals surface area contributed by atoms with Crippen LogP contribution >= 0.6 is 0 Å². The lowest BCUT2D eigenvalue weighted by atomic mass is 10.1. The Morgan fingerprint density at radius 1 is 0.913 bits per heavy atom. The number of unbranched alkanes of at least 4 members (excludes halogenated alkanes) is 6. The molecular weight excluding hydrogens is 292 g/mol. The molecule has 1 aliphatic heterocycles. The van der Waals surface area contributed by atoms with Crippen molar-refractivity contribution >= 4 is 12.0 Å². The number of ether oxygens (including phenoxy) is 1. The van der Waals surface area contributed by atoms with Crippen LogP contribution in [0.1, 0.15) is 64.7 Å². The van der Waals surface area contributed by atoms with Crippen molar-refractivity contribution in [2.75, 3.05) is 32.8 Å². The molecule has 0 aromatic rings. The molecule has 1 fully saturated rings. The minimum absolute atomic E-state index is 0.210. The Labute approximate surface area is 141 Å². The quantitative estimate of drug-likeness (QED) is 0.576. The van der Waals surface area contributed by atoms with Crippen LogP contribution in [0.15, 0.2) is 0 Å². The maximum Gasteiger partial charge on any atom is 0.409 e. The molecule has 1 heterocycles. The molecule has 5 nitrogen and oxygen atoms in total. The molecule has 0 N–H and O–H groups in total. The summed E-state index contributed by atoms with van der Waals surface area (Å²) in [4.78, 5) is 27.6. The first kappa shape index (κ1) is 19.8. The first-order chi connectivity index (χ1) is 11.2. The highest BCUT2D eigenvalue weighted by atomic mass is 16.6. The van der Waals surface area contributed by atoms with E-state index in [1.54, 1.807) is 4.90 Å². The Bertz CT molecular complexity index is 339. The molecule has 0 unspecified atom stereocenters. The fourth-order valence-electron chi connectivity index (χ4n) is 2.71. The third kappa shape index (κ3) is 8.24. The SMILES string of the molecule is [CH2]CCCCCC(=O)N1CCN(C(=O)OCCCCCC)CC1. The standard InChI is InChI=1S/C18H33N2O3/c1-3-5-7-9-11-17(21)19-12-14-20(15-13-19)18(22)23-16-10-8-6-4-2/h1,3-16H2,2H3. The van der Waals surface area contributed by atoms with Crippen molar-refractivity contribution in [3.63, 3.8) is 0 Å². The fourth-order valence-corrected chi connectivity index (χ4v) is 2.71. The van der Waals surface area contributed by atoms with Gasteiger partial charge in [-0.15, -0.1) is 0 Å². The van der Waals surface area contributed by atoms with E-state index in [1.165, 1.54) is 12.8 Å². The molecular formula is C18H33N2O3. The number of piperazine rings is 1. The van der Waals surface area contributed by atoms with E-state index in [-0.39, 0.29) is 12.0 Å². The second-order valence-corrected chi connectivity index (χ2v) is 6.21. The lowest BCUT2D eigenvalue weighted by Crippen LogP contribution is -2.50. The van der Waals surface area contributed by atoms with Gasteiger partial charge in [0.15, 0.2) is 0 Å². The van der Waals surface area contributed by atoms with Gasteiger partial charge < -0.3 is 14.5 Å². The maximum atomic E-state index is 12.1. The lowest BCUT2D eigenvalue weighted by Gasteiger charge is -2.34. The Kier molecular flexibility index (Phi) is 10.5. The summed E-state index contributed by atoms with van der Waals surface area (Å²) in [6, 6.07) is 0. The molecule has 0 atom stereocenters. The smallest absolute Gasteiger partial charge is 0.409 e. The summed E-state index contributed by atoms with van der Waals surface area (Å²) >= 11 is 0. The fraction of sp³-hybridized carbons (Fsp3) is 0.833. The van der Waals surface area contributed by atoms with Crippen LogP contribution in [-0.2, 0) is 9.53 Å². The highest BCUT2D eigenvalue weighted by Crippen LogP contribution is 2.09. The largest absolute Gasteiger partial charge is 0.449 e. The molecule has 1 radical (unpaired) electrons. The number of carbonyl (C=O) groups excluding carboxylic acids is 2. The van der Waals surface area contributed by atoms with Crippen molar-refractivity contribution in [3.8, 4) is 0 Å². The zero-order valence-corrected chi connectivity index (χ0v) is 14.7. The number of amides is 2. The minimum Gasteiger partial charge on any atom is -0.449 e. The molecule has 0 saturated carbocycles. The molecule has 0 spiro atoms. The molecule has 0 aliphatic carbocycles. The van der Waals surface area contributed by atoms with E-state index in [0.29, 0.717) is 39.2 Å². The van der Waals surface area contributed by atoms with Crippen molar-refractivity contribution in [1.82, 2.24) is 9.80 Å². The van der Waals surface area contributed by atoms with Crippen LogP contribution in [0.4, 0.5) is 4.79 Å². The number of hydrogen-bond donors (Lipinski definition) is 0. The van der Waals surface area contributed by atoms with Crippen molar-refractivity contribution in [3.05, 3.63) is 6.92 Å². The molecule has 1 rings (SSSR count). The van der Waals surface area contributed by atoms with Gasteiger partial charge in [0.1, 0.15) is 0 Å². The van der Waals surface area contributed by atoms with Crippen molar-refractivity contribution in [1.29, 1.82) is 0 Å². The summed E-state index contributed by atoms with van der Waals surface area (Å²) in [6.45, 7) is 8.88. The summed E-state index contributed by atoms with van der Waals surface area (Å²) in [7, 11) is 0. The van der Waals surface area contributed by atoms with Gasteiger partial charge in [-0.2, -0.15) is 0 Å². The van der Waals surface area contributed by atoms with Gasteiger partial charge in [0.25, 0.3) is 0 Å². The molecule has 0 aromatic heterocycles. The lowest BCUT2D eigenvalue weighted by molar-refractivity contribution is -0.132. The van der Waals surface area contributed by atoms with Gasteiger partial charge in [0.05, 0.1) is 6.61 Å². The van der Waals surface area contributed by atoms with Gasteiger partial charge >= 0.3 is 6.09 Å². The van der Waals surface area contributed by atoms with Crippen molar-refractivity contribution in [2.24, 2.45) is 0 Å². The molecule has 5 heteroatoms. The minimum atomic E-state index is -0.232. The number of hydrogen-bond acceptors (Lipinski definition) is 3. The molecule has 0 aromatic carbocycles. The average Bonchev–Trinajstić information content (AvgIpc) is 2.58. The van der Waals surface area contributed by atoms with Crippen molar-refractivity contribution in [2.45, 2.75) is 64.7 Å². The average molecular weight is 325 g/mol. The number of carbonyl (C=O) groups is 2. The van der Waals surface area contributed by atoms with Crippen LogP contribution in [0.2, 0.25) is 0 Å². The van der Waals surface area contributed by atoms with E-state index >= 15 is 0 Å². The molecule has 0 bridgehead atoms. The Hall–Kier alpha value is -1.26. The second-order valence-electron chi connectivity index (χ2n) is 6.21. The summed E-state index contributed by atoms with van der Waals surface area (Å²) in [6.07, 6.45) is 8.83. The van der Waals surface area contributed by atoms with Crippen LogP contribution < -0.4 is 0 Å². The van der Waals surface area contributed by atoms with E-state index in [2.05, 4.69) is 13.8 Å². The molecule has 1 saturated heterocycles. The Morgan fingerprint density at radius 2 is 1.57 bits per heavy atom. The highest BCUT2D eigenvalue weighted by molar-refractivity contribution is 5.76. The van der Waals surface area contributed by atoms with Crippen molar-refractivity contribution < 1.29 is 14.3 Å². The highest BCUT2D eigenvalue weighted by Gasteiger charge is 2.24. The maximum absolute atomic E-state index is 12.1.